The Labute approximate surface area is 161 Å². The van der Waals surface area contributed by atoms with Gasteiger partial charge in [0.05, 0.1) is 13.7 Å². The minimum absolute atomic E-state index is 0.119. The molecule has 1 heterocycles. The molecule has 1 aromatic carbocycles. The number of ketones is 1. The van der Waals surface area contributed by atoms with Crippen molar-refractivity contribution in [3.8, 4) is 11.5 Å². The fraction of sp³-hybridized carbons (Fsp3) is 0.300. The number of esters is 1. The van der Waals surface area contributed by atoms with Crippen molar-refractivity contribution in [2.24, 2.45) is 0 Å². The summed E-state index contributed by atoms with van der Waals surface area (Å²) in [6.45, 7) is 2.15. The van der Waals surface area contributed by atoms with Gasteiger partial charge in [-0.3, -0.25) is 4.79 Å². The molecule has 1 N–H and O–H groups in total. The lowest BCUT2D eigenvalue weighted by Crippen LogP contribution is -2.07. The van der Waals surface area contributed by atoms with E-state index >= 15 is 0 Å². The molecule has 0 atom stereocenters. The number of para-hydroxylation sites is 1. The molecule has 0 amide bonds. The van der Waals surface area contributed by atoms with Crippen LogP contribution in [0.3, 0.4) is 0 Å². The summed E-state index contributed by atoms with van der Waals surface area (Å²) >= 11 is 0. The molecular formula is C20H21F2NO5. The highest BCUT2D eigenvalue weighted by Gasteiger charge is 2.21. The SMILES string of the molecule is CCOC(=O)c1[nH]c(C)c(C(=O)/C=C/c2cccc(OC)c2OC(F)F)c1C. The lowest BCUT2D eigenvalue weighted by atomic mass is 10.0. The Balaban J connectivity index is 2.36. The number of H-pyrrole nitrogens is 1. The first-order chi connectivity index (χ1) is 13.3. The third-order valence-electron chi connectivity index (χ3n) is 4.01. The fourth-order valence-corrected chi connectivity index (χ4v) is 2.82. The van der Waals surface area contributed by atoms with Crippen molar-refractivity contribution >= 4 is 17.8 Å². The topological polar surface area (TPSA) is 77.6 Å². The van der Waals surface area contributed by atoms with Gasteiger partial charge >= 0.3 is 12.6 Å². The predicted octanol–water partition coefficient (Wildman–Crippen LogP) is 4.31. The van der Waals surface area contributed by atoms with Gasteiger partial charge in [0.25, 0.3) is 0 Å². The first-order valence-corrected chi connectivity index (χ1v) is 8.50. The number of halogens is 2. The molecule has 0 spiro atoms. The van der Waals surface area contributed by atoms with Gasteiger partial charge in [0.1, 0.15) is 5.69 Å². The smallest absolute Gasteiger partial charge is 0.387 e. The number of carbonyl (C=O) groups is 2. The highest BCUT2D eigenvalue weighted by atomic mass is 19.3. The fourth-order valence-electron chi connectivity index (χ4n) is 2.82. The van der Waals surface area contributed by atoms with Crippen molar-refractivity contribution in [2.45, 2.75) is 27.4 Å². The van der Waals surface area contributed by atoms with Crippen molar-refractivity contribution in [1.29, 1.82) is 0 Å². The summed E-state index contributed by atoms with van der Waals surface area (Å²) in [6, 6.07) is 4.58. The minimum Gasteiger partial charge on any atom is -0.493 e. The summed E-state index contributed by atoms with van der Waals surface area (Å²) in [5, 5.41) is 0. The number of benzene rings is 1. The van der Waals surface area contributed by atoms with Gasteiger partial charge in [0.2, 0.25) is 0 Å². The van der Waals surface area contributed by atoms with Crippen molar-refractivity contribution in [1.82, 2.24) is 4.98 Å². The number of aryl methyl sites for hydroxylation is 1. The van der Waals surface area contributed by atoms with Gasteiger partial charge in [0, 0.05) is 16.8 Å². The van der Waals surface area contributed by atoms with Crippen molar-refractivity contribution in [3.05, 3.63) is 52.4 Å². The van der Waals surface area contributed by atoms with Gasteiger partial charge in [-0.05, 0) is 44.6 Å². The number of nitrogens with one attached hydrogen (secondary N) is 1. The van der Waals surface area contributed by atoms with Gasteiger partial charge < -0.3 is 19.2 Å². The second-order valence-corrected chi connectivity index (χ2v) is 5.80. The number of hydrogen-bond acceptors (Lipinski definition) is 5. The Morgan fingerprint density at radius 3 is 2.57 bits per heavy atom. The Bertz CT molecular complexity index is 902. The molecule has 6 nitrogen and oxygen atoms in total. The van der Waals surface area contributed by atoms with Gasteiger partial charge in [0.15, 0.2) is 17.3 Å². The normalized spacial score (nSPS) is 11.1. The first kappa shape index (κ1) is 21.1. The van der Waals surface area contributed by atoms with Gasteiger partial charge in [-0.1, -0.05) is 12.1 Å². The molecule has 0 unspecified atom stereocenters. The molecule has 1 aromatic heterocycles. The number of rotatable bonds is 8. The van der Waals surface area contributed by atoms with Gasteiger partial charge in [-0.25, -0.2) is 4.79 Å². The molecule has 0 radical (unpaired) electrons. The monoisotopic (exact) mass is 393 g/mol. The molecular weight excluding hydrogens is 372 g/mol. The maximum absolute atomic E-state index is 12.7. The van der Waals surface area contributed by atoms with Gasteiger partial charge in [-0.15, -0.1) is 0 Å². The number of alkyl halides is 2. The molecule has 0 saturated heterocycles. The zero-order valence-electron chi connectivity index (χ0n) is 16.0. The number of hydrogen-bond donors (Lipinski definition) is 1. The number of carbonyl (C=O) groups excluding carboxylic acids is 2. The maximum Gasteiger partial charge on any atom is 0.387 e. The lowest BCUT2D eigenvalue weighted by Gasteiger charge is -2.12. The van der Waals surface area contributed by atoms with E-state index in [1.54, 1.807) is 26.8 Å². The van der Waals surface area contributed by atoms with Crippen LogP contribution in [0.2, 0.25) is 0 Å². The van der Waals surface area contributed by atoms with Crippen LogP contribution in [0.1, 0.15) is 44.6 Å². The third-order valence-corrected chi connectivity index (χ3v) is 4.01. The Morgan fingerprint density at radius 1 is 1.25 bits per heavy atom. The summed E-state index contributed by atoms with van der Waals surface area (Å²) < 4.78 is 39.9. The molecule has 0 saturated carbocycles. The van der Waals surface area contributed by atoms with E-state index in [1.165, 1.54) is 31.4 Å². The highest BCUT2D eigenvalue weighted by molar-refractivity contribution is 6.10. The molecule has 0 aliphatic rings. The first-order valence-electron chi connectivity index (χ1n) is 8.50. The minimum atomic E-state index is -3.04. The molecule has 0 aliphatic carbocycles. The largest absolute Gasteiger partial charge is 0.493 e. The Morgan fingerprint density at radius 2 is 1.96 bits per heavy atom. The number of methoxy groups -OCH3 is 1. The molecule has 150 valence electrons. The van der Waals surface area contributed by atoms with Gasteiger partial charge in [-0.2, -0.15) is 8.78 Å². The van der Waals surface area contributed by atoms with Crippen LogP contribution in [0.4, 0.5) is 8.78 Å². The number of aromatic nitrogens is 1. The predicted molar refractivity (Wildman–Crippen MR) is 99.2 cm³/mol. The number of aromatic amines is 1. The van der Waals surface area contributed by atoms with E-state index in [0.29, 0.717) is 16.8 Å². The Hall–Kier alpha value is -3.16. The summed E-state index contributed by atoms with van der Waals surface area (Å²) in [5.74, 6) is -0.994. The molecule has 2 aromatic rings. The second kappa shape index (κ2) is 9.16. The van der Waals surface area contributed by atoms with Crippen molar-refractivity contribution in [2.75, 3.05) is 13.7 Å². The van der Waals surface area contributed by atoms with Crippen LogP contribution in [0.5, 0.6) is 11.5 Å². The van der Waals surface area contributed by atoms with Crippen molar-refractivity contribution < 1.29 is 32.6 Å². The molecule has 0 aliphatic heterocycles. The number of ether oxygens (including phenoxy) is 3. The zero-order chi connectivity index (χ0) is 20.8. The van der Waals surface area contributed by atoms with E-state index in [0.717, 1.165) is 0 Å². The van der Waals surface area contributed by atoms with E-state index < -0.39 is 18.4 Å². The lowest BCUT2D eigenvalue weighted by molar-refractivity contribution is -0.0513. The van der Waals surface area contributed by atoms with Crippen LogP contribution in [0.25, 0.3) is 6.08 Å². The molecule has 2 rings (SSSR count). The summed E-state index contributed by atoms with van der Waals surface area (Å²) in [5.41, 5.74) is 1.74. The van der Waals surface area contributed by atoms with E-state index in [4.69, 9.17) is 9.47 Å². The second-order valence-electron chi connectivity index (χ2n) is 5.80. The maximum atomic E-state index is 12.7. The van der Waals surface area contributed by atoms with E-state index in [1.807, 2.05) is 0 Å². The highest BCUT2D eigenvalue weighted by Crippen LogP contribution is 2.33. The van der Waals surface area contributed by atoms with Crippen LogP contribution in [-0.2, 0) is 4.74 Å². The average Bonchev–Trinajstić information content (AvgIpc) is 2.94. The standard InChI is InChI=1S/C20H21F2NO5/c1-5-27-19(25)17-11(2)16(12(3)23-17)14(24)10-9-13-7-6-8-15(26-4)18(13)28-20(21)22/h6-10,20,23H,5H2,1-4H3/b10-9+. The molecule has 0 fully saturated rings. The summed E-state index contributed by atoms with van der Waals surface area (Å²) in [4.78, 5) is 27.5. The number of allylic oxidation sites excluding steroid dienone is 1. The Kier molecular flexibility index (Phi) is 6.92. The summed E-state index contributed by atoms with van der Waals surface area (Å²) in [6.07, 6.45) is 2.59. The van der Waals surface area contributed by atoms with Crippen LogP contribution >= 0.6 is 0 Å². The van der Waals surface area contributed by atoms with Crippen LogP contribution in [-0.4, -0.2) is 37.1 Å². The van der Waals surface area contributed by atoms with E-state index in [9.17, 15) is 18.4 Å². The molecule has 28 heavy (non-hydrogen) atoms. The zero-order valence-corrected chi connectivity index (χ0v) is 16.0. The van der Waals surface area contributed by atoms with Crippen molar-refractivity contribution in [3.63, 3.8) is 0 Å². The quantitative estimate of drug-likeness (QED) is 0.411. The average molecular weight is 393 g/mol. The molecule has 8 heteroatoms. The van der Waals surface area contributed by atoms with Crippen LogP contribution < -0.4 is 9.47 Å². The molecule has 0 bridgehead atoms. The van der Waals surface area contributed by atoms with E-state index in [-0.39, 0.29) is 29.4 Å². The van der Waals surface area contributed by atoms with E-state index in [2.05, 4.69) is 9.72 Å². The third kappa shape index (κ3) is 4.57. The van der Waals surface area contributed by atoms with Crippen LogP contribution in [0.15, 0.2) is 24.3 Å². The summed E-state index contributed by atoms with van der Waals surface area (Å²) in [7, 11) is 1.33. The van der Waals surface area contributed by atoms with Crippen LogP contribution in [0, 0.1) is 13.8 Å².